The third-order valence-electron chi connectivity index (χ3n) is 4.25. The zero-order chi connectivity index (χ0) is 12.2. The Labute approximate surface area is 105 Å². The van der Waals surface area contributed by atoms with Crippen molar-refractivity contribution in [2.45, 2.75) is 50.7 Å². The highest BCUT2D eigenvalue weighted by Crippen LogP contribution is 2.53. The molecule has 17 heavy (non-hydrogen) atoms. The number of rotatable bonds is 6. The van der Waals surface area contributed by atoms with Crippen molar-refractivity contribution in [1.82, 2.24) is 0 Å². The fraction of sp³-hybridized carbons (Fsp3) is 0.733. The first-order chi connectivity index (χ1) is 8.24. The van der Waals surface area contributed by atoms with Gasteiger partial charge in [0.2, 0.25) is 0 Å². The van der Waals surface area contributed by atoms with Crippen molar-refractivity contribution in [2.75, 3.05) is 13.2 Å². The van der Waals surface area contributed by atoms with E-state index in [1.807, 2.05) is 12.2 Å². The smallest absolute Gasteiger partial charge is 0.169 e. The van der Waals surface area contributed by atoms with Gasteiger partial charge in [-0.25, -0.2) is 0 Å². The molecule has 96 valence electrons. The molecule has 1 heterocycles. The molecule has 1 aliphatic heterocycles. The lowest BCUT2D eigenvalue weighted by atomic mass is 9.77. The lowest BCUT2D eigenvalue weighted by molar-refractivity contribution is -0.157. The second-order valence-corrected chi connectivity index (χ2v) is 5.44. The van der Waals surface area contributed by atoms with Gasteiger partial charge in [-0.1, -0.05) is 12.2 Å². The zero-order valence-electron chi connectivity index (χ0n) is 10.7. The van der Waals surface area contributed by atoms with Crippen molar-refractivity contribution in [3.63, 3.8) is 0 Å². The van der Waals surface area contributed by atoms with Gasteiger partial charge in [-0.3, -0.25) is 0 Å². The van der Waals surface area contributed by atoms with Gasteiger partial charge in [0.25, 0.3) is 0 Å². The Morgan fingerprint density at radius 2 is 1.53 bits per heavy atom. The van der Waals surface area contributed by atoms with Crippen LogP contribution in [0.25, 0.3) is 0 Å². The lowest BCUT2D eigenvalue weighted by Gasteiger charge is -2.30. The second-order valence-electron chi connectivity index (χ2n) is 5.44. The molecule has 0 N–H and O–H groups in total. The van der Waals surface area contributed by atoms with E-state index in [-0.39, 0.29) is 5.79 Å². The Bertz CT molecular complexity index is 265. The van der Waals surface area contributed by atoms with E-state index in [4.69, 9.17) is 9.47 Å². The molecular weight excluding hydrogens is 212 g/mol. The molecule has 2 heteroatoms. The third-order valence-corrected chi connectivity index (χ3v) is 4.25. The summed E-state index contributed by atoms with van der Waals surface area (Å²) in [5.74, 6) is -0.248. The molecule has 1 aliphatic carbocycles. The Morgan fingerprint density at radius 3 is 2.06 bits per heavy atom. The molecule has 1 saturated heterocycles. The molecule has 2 nitrogen and oxygen atoms in total. The van der Waals surface area contributed by atoms with E-state index >= 15 is 0 Å². The van der Waals surface area contributed by atoms with Crippen LogP contribution in [-0.4, -0.2) is 19.0 Å². The van der Waals surface area contributed by atoms with Crippen LogP contribution in [0.3, 0.4) is 0 Å². The second kappa shape index (κ2) is 5.36. The molecule has 0 unspecified atom stereocenters. The highest BCUT2D eigenvalue weighted by molar-refractivity contribution is 4.97. The van der Waals surface area contributed by atoms with Crippen molar-refractivity contribution in [3.05, 3.63) is 25.3 Å². The van der Waals surface area contributed by atoms with E-state index in [1.54, 1.807) is 0 Å². The Morgan fingerprint density at radius 1 is 0.941 bits per heavy atom. The van der Waals surface area contributed by atoms with Gasteiger partial charge in [0.05, 0.1) is 13.2 Å². The monoisotopic (exact) mass is 236 g/mol. The quantitative estimate of drug-likeness (QED) is 0.652. The molecular formula is C15H24O2. The van der Waals surface area contributed by atoms with Crippen LogP contribution >= 0.6 is 0 Å². The van der Waals surface area contributed by atoms with E-state index < -0.39 is 0 Å². The van der Waals surface area contributed by atoms with Crippen molar-refractivity contribution in [1.29, 1.82) is 0 Å². The van der Waals surface area contributed by atoms with Crippen LogP contribution in [0.4, 0.5) is 0 Å². The molecule has 0 radical (unpaired) electrons. The topological polar surface area (TPSA) is 18.5 Å². The van der Waals surface area contributed by atoms with Crippen molar-refractivity contribution in [2.24, 2.45) is 5.41 Å². The summed E-state index contributed by atoms with van der Waals surface area (Å²) in [5, 5.41) is 0. The third kappa shape index (κ3) is 2.80. The molecule has 0 amide bonds. The van der Waals surface area contributed by atoms with E-state index in [0.29, 0.717) is 5.41 Å². The predicted molar refractivity (Wildman–Crippen MR) is 69.8 cm³/mol. The van der Waals surface area contributed by atoms with Gasteiger partial charge in [0.1, 0.15) is 0 Å². The van der Waals surface area contributed by atoms with E-state index in [0.717, 1.165) is 38.9 Å². The summed E-state index contributed by atoms with van der Waals surface area (Å²) < 4.78 is 11.7. The minimum atomic E-state index is -0.248. The van der Waals surface area contributed by atoms with Gasteiger partial charge in [-0.2, -0.15) is 0 Å². The lowest BCUT2D eigenvalue weighted by Crippen LogP contribution is -2.29. The average molecular weight is 236 g/mol. The van der Waals surface area contributed by atoms with Crippen LogP contribution in [0, 0.1) is 5.41 Å². The molecule has 2 aliphatic rings. The van der Waals surface area contributed by atoms with Crippen molar-refractivity contribution < 1.29 is 9.47 Å². The summed E-state index contributed by atoms with van der Waals surface area (Å²) in [7, 11) is 0. The zero-order valence-corrected chi connectivity index (χ0v) is 10.7. The fourth-order valence-electron chi connectivity index (χ4n) is 3.32. The standard InChI is InChI=1S/C15H24O2/c1-3-5-7-14(8-6-4-2)9-10-15(13-14)16-11-12-17-15/h3-4H,1-2,5-13H2. The molecule has 0 atom stereocenters. The minimum absolute atomic E-state index is 0.248. The molecule has 1 spiro atoms. The van der Waals surface area contributed by atoms with Gasteiger partial charge >= 0.3 is 0 Å². The van der Waals surface area contributed by atoms with E-state index in [2.05, 4.69) is 13.2 Å². The summed E-state index contributed by atoms with van der Waals surface area (Å²) in [6, 6.07) is 0. The molecule has 1 saturated carbocycles. The van der Waals surface area contributed by atoms with Gasteiger partial charge < -0.3 is 9.47 Å². The predicted octanol–water partition coefficient (Wildman–Crippen LogP) is 3.83. The fourth-order valence-corrected chi connectivity index (χ4v) is 3.32. The summed E-state index contributed by atoms with van der Waals surface area (Å²) in [6.07, 6.45) is 12.0. The van der Waals surface area contributed by atoms with Crippen molar-refractivity contribution in [3.8, 4) is 0 Å². The molecule has 0 bridgehead atoms. The minimum Gasteiger partial charge on any atom is -0.348 e. The van der Waals surface area contributed by atoms with Gasteiger partial charge in [0, 0.05) is 12.8 Å². The summed E-state index contributed by atoms with van der Waals surface area (Å²) in [5.41, 5.74) is 0.382. The maximum absolute atomic E-state index is 5.84. The molecule has 0 aromatic heterocycles. The molecule has 0 aromatic carbocycles. The Kier molecular flexibility index (Phi) is 4.05. The van der Waals surface area contributed by atoms with Gasteiger partial charge in [-0.05, 0) is 37.5 Å². The highest BCUT2D eigenvalue weighted by atomic mass is 16.7. The maximum Gasteiger partial charge on any atom is 0.169 e. The first-order valence-corrected chi connectivity index (χ1v) is 6.74. The summed E-state index contributed by atoms with van der Waals surface area (Å²) in [4.78, 5) is 0. The normalized spacial score (nSPS) is 25.2. The number of hydrogen-bond acceptors (Lipinski definition) is 2. The number of hydrogen-bond donors (Lipinski definition) is 0. The van der Waals surface area contributed by atoms with Crippen LogP contribution in [0.5, 0.6) is 0 Å². The van der Waals surface area contributed by atoms with Crippen LogP contribution in [0.1, 0.15) is 44.9 Å². The van der Waals surface area contributed by atoms with Gasteiger partial charge in [0.15, 0.2) is 5.79 Å². The Balaban J connectivity index is 2.01. The summed E-state index contributed by atoms with van der Waals surface area (Å²) >= 11 is 0. The molecule has 2 rings (SSSR count). The number of ether oxygens (including phenoxy) is 2. The first-order valence-electron chi connectivity index (χ1n) is 6.74. The van der Waals surface area contributed by atoms with Crippen LogP contribution < -0.4 is 0 Å². The van der Waals surface area contributed by atoms with E-state index in [9.17, 15) is 0 Å². The SMILES string of the molecule is C=CCCC1(CCC=C)CCC2(C1)OCCO2. The molecule has 2 fully saturated rings. The van der Waals surface area contributed by atoms with Crippen LogP contribution in [0.2, 0.25) is 0 Å². The maximum atomic E-state index is 5.84. The number of allylic oxidation sites excluding steroid dienone is 2. The Hall–Kier alpha value is -0.600. The first kappa shape index (κ1) is 12.8. The van der Waals surface area contributed by atoms with Crippen molar-refractivity contribution >= 4 is 0 Å². The average Bonchev–Trinajstić information content (AvgIpc) is 2.94. The van der Waals surface area contributed by atoms with Gasteiger partial charge in [-0.15, -0.1) is 13.2 Å². The largest absolute Gasteiger partial charge is 0.348 e. The van der Waals surface area contributed by atoms with Crippen LogP contribution in [-0.2, 0) is 9.47 Å². The van der Waals surface area contributed by atoms with E-state index in [1.165, 1.54) is 19.3 Å². The molecule has 0 aromatic rings. The summed E-state index contributed by atoms with van der Waals surface area (Å²) in [6.45, 7) is 9.20. The van der Waals surface area contributed by atoms with Crippen LogP contribution in [0.15, 0.2) is 25.3 Å². The highest BCUT2D eigenvalue weighted by Gasteiger charge is 2.50.